The zero-order valence-electron chi connectivity index (χ0n) is 14.6. The van der Waals surface area contributed by atoms with Gasteiger partial charge in [0.2, 0.25) is 0 Å². The fourth-order valence-electron chi connectivity index (χ4n) is 2.05. The first kappa shape index (κ1) is 21.0. The molecular formula is C18H17F4N3O3. The fraction of sp³-hybridized carbons (Fsp3) is 0.222. The Labute approximate surface area is 157 Å². The van der Waals surface area contributed by atoms with Crippen molar-refractivity contribution in [2.45, 2.75) is 19.2 Å². The summed E-state index contributed by atoms with van der Waals surface area (Å²) in [5, 5.41) is 2.51. The molecule has 0 spiro atoms. The van der Waals surface area contributed by atoms with Crippen molar-refractivity contribution in [3.63, 3.8) is 0 Å². The van der Waals surface area contributed by atoms with E-state index in [-0.39, 0.29) is 18.0 Å². The predicted molar refractivity (Wildman–Crippen MR) is 92.7 cm³/mol. The van der Waals surface area contributed by atoms with Crippen molar-refractivity contribution in [2.24, 2.45) is 0 Å². The van der Waals surface area contributed by atoms with E-state index in [1.165, 1.54) is 43.3 Å². The number of nitrogens with one attached hydrogen (secondary N) is 3. The Morgan fingerprint density at radius 3 is 2.46 bits per heavy atom. The van der Waals surface area contributed by atoms with Gasteiger partial charge in [-0.15, -0.1) is 0 Å². The molecule has 0 bridgehead atoms. The second-order valence-corrected chi connectivity index (χ2v) is 5.66. The highest BCUT2D eigenvalue weighted by Crippen LogP contribution is 2.30. The lowest BCUT2D eigenvalue weighted by Crippen LogP contribution is -2.48. The van der Waals surface area contributed by atoms with Crippen LogP contribution in [0.3, 0.4) is 0 Å². The molecule has 3 N–H and O–H groups in total. The molecule has 2 aromatic rings. The number of hydrazine groups is 1. The zero-order chi connectivity index (χ0) is 20.7. The minimum atomic E-state index is -4.50. The van der Waals surface area contributed by atoms with Gasteiger partial charge in [-0.3, -0.25) is 20.4 Å². The number of carbonyl (C=O) groups is 2. The van der Waals surface area contributed by atoms with Gasteiger partial charge < -0.3 is 10.1 Å². The van der Waals surface area contributed by atoms with E-state index in [0.29, 0.717) is 0 Å². The van der Waals surface area contributed by atoms with Crippen LogP contribution in [-0.4, -0.2) is 24.5 Å². The summed E-state index contributed by atoms with van der Waals surface area (Å²) in [6, 6.07) is 9.84. The molecule has 2 rings (SSSR count). The van der Waals surface area contributed by atoms with Crippen molar-refractivity contribution in [1.82, 2.24) is 10.9 Å². The van der Waals surface area contributed by atoms with Gasteiger partial charge in [0, 0.05) is 5.69 Å². The Kier molecular flexibility index (Phi) is 6.80. The molecule has 0 heterocycles. The van der Waals surface area contributed by atoms with Gasteiger partial charge in [-0.05, 0) is 37.3 Å². The number of anilines is 1. The molecule has 1 unspecified atom stereocenters. The van der Waals surface area contributed by atoms with Crippen LogP contribution in [0.2, 0.25) is 0 Å². The number of amides is 2. The highest BCUT2D eigenvalue weighted by molar-refractivity contribution is 5.86. The molecular weight excluding hydrogens is 382 g/mol. The number of halogens is 4. The second-order valence-electron chi connectivity index (χ2n) is 5.66. The van der Waals surface area contributed by atoms with Crippen molar-refractivity contribution >= 4 is 17.5 Å². The summed E-state index contributed by atoms with van der Waals surface area (Å²) in [7, 11) is 0. The third-order valence-corrected chi connectivity index (χ3v) is 3.48. The monoisotopic (exact) mass is 399 g/mol. The maximum atomic E-state index is 13.5. The third-order valence-electron chi connectivity index (χ3n) is 3.48. The number of carbonyl (C=O) groups excluding carboxylic acids is 2. The zero-order valence-corrected chi connectivity index (χ0v) is 14.6. The van der Waals surface area contributed by atoms with Gasteiger partial charge in [0.25, 0.3) is 11.8 Å². The van der Waals surface area contributed by atoms with Crippen LogP contribution in [0, 0.1) is 5.82 Å². The highest BCUT2D eigenvalue weighted by Gasteiger charge is 2.30. The van der Waals surface area contributed by atoms with Gasteiger partial charge in [0.15, 0.2) is 17.7 Å². The van der Waals surface area contributed by atoms with Crippen LogP contribution < -0.4 is 20.9 Å². The van der Waals surface area contributed by atoms with Crippen LogP contribution >= 0.6 is 0 Å². The fourth-order valence-corrected chi connectivity index (χ4v) is 2.05. The molecule has 0 aliphatic rings. The van der Waals surface area contributed by atoms with Gasteiger partial charge in [-0.25, -0.2) is 4.39 Å². The smallest absolute Gasteiger partial charge is 0.416 e. The predicted octanol–water partition coefficient (Wildman–Crippen LogP) is 2.87. The summed E-state index contributed by atoms with van der Waals surface area (Å²) in [6.07, 6.45) is -5.60. The lowest BCUT2D eigenvalue weighted by atomic mass is 10.2. The lowest BCUT2D eigenvalue weighted by Gasteiger charge is -2.16. The van der Waals surface area contributed by atoms with Crippen LogP contribution in [0.4, 0.5) is 23.2 Å². The maximum Gasteiger partial charge on any atom is 0.416 e. The van der Waals surface area contributed by atoms with Crippen LogP contribution in [0.5, 0.6) is 5.75 Å². The molecule has 10 heteroatoms. The molecule has 0 aliphatic heterocycles. The van der Waals surface area contributed by atoms with Crippen LogP contribution in [0.1, 0.15) is 12.5 Å². The molecule has 6 nitrogen and oxygen atoms in total. The number of rotatable bonds is 6. The quantitative estimate of drug-likeness (QED) is 0.516. The van der Waals surface area contributed by atoms with Crippen molar-refractivity contribution in [1.29, 1.82) is 0 Å². The standard InChI is InChI=1S/C18H17F4N3O3/c1-11(28-15-8-3-2-7-14(15)19)17(27)25-24-16(26)10-23-13-6-4-5-12(9-13)18(20,21)22/h2-9,11,23H,10H2,1H3,(H,24,26)(H,25,27). The van der Waals surface area contributed by atoms with Crippen molar-refractivity contribution in [2.75, 3.05) is 11.9 Å². The number of hydrogen-bond donors (Lipinski definition) is 3. The van der Waals surface area contributed by atoms with E-state index in [0.717, 1.165) is 12.1 Å². The third kappa shape index (κ3) is 6.15. The van der Waals surface area contributed by atoms with E-state index < -0.39 is 35.5 Å². The van der Waals surface area contributed by atoms with Crippen LogP contribution in [0.25, 0.3) is 0 Å². The van der Waals surface area contributed by atoms with Gasteiger partial charge >= 0.3 is 6.18 Å². The summed E-state index contributed by atoms with van der Waals surface area (Å²) >= 11 is 0. The molecule has 0 fully saturated rings. The highest BCUT2D eigenvalue weighted by atomic mass is 19.4. The Bertz CT molecular complexity index is 843. The molecule has 0 aromatic heterocycles. The largest absolute Gasteiger partial charge is 0.478 e. The van der Waals surface area contributed by atoms with Crippen LogP contribution in [0.15, 0.2) is 48.5 Å². The first-order chi connectivity index (χ1) is 13.2. The van der Waals surface area contributed by atoms with Gasteiger partial charge in [0.05, 0.1) is 12.1 Å². The molecule has 150 valence electrons. The number of ether oxygens (including phenoxy) is 1. The average molecular weight is 399 g/mol. The maximum absolute atomic E-state index is 13.5. The summed E-state index contributed by atoms with van der Waals surface area (Å²) in [6.45, 7) is 0.971. The SMILES string of the molecule is CC(Oc1ccccc1F)C(=O)NNC(=O)CNc1cccc(C(F)(F)F)c1. The minimum absolute atomic E-state index is 0.0903. The number of benzene rings is 2. The summed E-state index contributed by atoms with van der Waals surface area (Å²) < 4.78 is 56.6. The van der Waals surface area contributed by atoms with Crippen LogP contribution in [-0.2, 0) is 15.8 Å². The van der Waals surface area contributed by atoms with E-state index >= 15 is 0 Å². The number of para-hydroxylation sites is 1. The molecule has 2 amide bonds. The number of hydrogen-bond acceptors (Lipinski definition) is 4. The van der Waals surface area contributed by atoms with E-state index in [2.05, 4.69) is 16.2 Å². The second kappa shape index (κ2) is 9.07. The Morgan fingerprint density at radius 1 is 1.07 bits per heavy atom. The van der Waals surface area contributed by atoms with Crippen molar-refractivity contribution in [3.8, 4) is 5.75 Å². The molecule has 0 saturated heterocycles. The van der Waals surface area contributed by atoms with Gasteiger partial charge in [0.1, 0.15) is 0 Å². The summed E-state index contributed by atoms with van der Waals surface area (Å²) in [5.41, 5.74) is 3.40. The molecule has 28 heavy (non-hydrogen) atoms. The summed E-state index contributed by atoms with van der Waals surface area (Å²) in [4.78, 5) is 23.6. The number of alkyl halides is 3. The summed E-state index contributed by atoms with van der Waals surface area (Å²) in [5.74, 6) is -2.21. The minimum Gasteiger partial charge on any atom is -0.478 e. The van der Waals surface area contributed by atoms with Gasteiger partial charge in [-0.2, -0.15) is 13.2 Å². The normalized spacial score (nSPS) is 12.0. The topological polar surface area (TPSA) is 79.5 Å². The van der Waals surface area contributed by atoms with E-state index in [1.54, 1.807) is 0 Å². The Hall–Kier alpha value is -3.30. The van der Waals surface area contributed by atoms with Crippen molar-refractivity contribution < 1.29 is 31.9 Å². The van der Waals surface area contributed by atoms with E-state index in [9.17, 15) is 27.2 Å². The molecule has 1 atom stereocenters. The first-order valence-electron chi connectivity index (χ1n) is 8.08. The molecule has 0 saturated carbocycles. The Morgan fingerprint density at radius 2 is 1.79 bits per heavy atom. The van der Waals surface area contributed by atoms with Gasteiger partial charge in [-0.1, -0.05) is 18.2 Å². The first-order valence-corrected chi connectivity index (χ1v) is 8.08. The average Bonchev–Trinajstić information content (AvgIpc) is 2.65. The van der Waals surface area contributed by atoms with Crippen molar-refractivity contribution in [3.05, 3.63) is 59.9 Å². The molecule has 2 aromatic carbocycles. The van der Waals surface area contributed by atoms with E-state index in [1.807, 2.05) is 0 Å². The molecule has 0 aliphatic carbocycles. The molecule has 0 radical (unpaired) electrons. The Balaban J connectivity index is 1.79. The van der Waals surface area contributed by atoms with E-state index in [4.69, 9.17) is 4.74 Å². The lowest BCUT2D eigenvalue weighted by molar-refractivity contribution is -0.137.